The molecule has 6 nitrogen and oxygen atoms in total. The minimum Gasteiger partial charge on any atom is -0.381 e. The fourth-order valence-electron chi connectivity index (χ4n) is 6.12. The zero-order valence-electron chi connectivity index (χ0n) is 17.4. The molecule has 2 amide bonds. The molecule has 29 heavy (non-hydrogen) atoms. The number of hydroxylamine groups is 2. The first-order valence-corrected chi connectivity index (χ1v) is 10.5. The van der Waals surface area contributed by atoms with Crippen molar-refractivity contribution in [3.8, 4) is 0 Å². The molecule has 0 spiro atoms. The number of hydrogen-bond acceptors (Lipinski definition) is 5. The van der Waals surface area contributed by atoms with Crippen molar-refractivity contribution in [1.29, 1.82) is 0 Å². The van der Waals surface area contributed by atoms with Gasteiger partial charge in [0.05, 0.1) is 17.7 Å². The molecular formula is C23H29NO5. The van der Waals surface area contributed by atoms with Gasteiger partial charge in [0.15, 0.2) is 5.78 Å². The Labute approximate surface area is 171 Å². The van der Waals surface area contributed by atoms with Crippen LogP contribution >= 0.6 is 0 Å². The molecular weight excluding hydrogens is 370 g/mol. The van der Waals surface area contributed by atoms with Crippen LogP contribution in [-0.2, 0) is 9.63 Å². The maximum atomic E-state index is 12.9. The van der Waals surface area contributed by atoms with E-state index < -0.39 is 22.8 Å². The summed E-state index contributed by atoms with van der Waals surface area (Å²) in [6, 6.07) is 6.57. The smallest absolute Gasteiger partial charge is 0.285 e. The second-order valence-electron chi connectivity index (χ2n) is 9.67. The second kappa shape index (κ2) is 6.74. The van der Waals surface area contributed by atoms with Gasteiger partial charge in [-0.05, 0) is 42.7 Å². The van der Waals surface area contributed by atoms with E-state index in [9.17, 15) is 19.5 Å². The first kappa shape index (κ1) is 20.2. The zero-order chi connectivity index (χ0) is 21.0. The third-order valence-electron chi connectivity index (χ3n) is 7.74. The summed E-state index contributed by atoms with van der Waals surface area (Å²) < 4.78 is 0. The minimum absolute atomic E-state index is 0.0606. The summed E-state index contributed by atoms with van der Waals surface area (Å²) in [5, 5.41) is 12.3. The van der Waals surface area contributed by atoms with Crippen LogP contribution < -0.4 is 0 Å². The molecule has 0 unspecified atom stereocenters. The summed E-state index contributed by atoms with van der Waals surface area (Å²) in [4.78, 5) is 43.3. The van der Waals surface area contributed by atoms with E-state index in [1.54, 1.807) is 24.3 Å². The highest BCUT2D eigenvalue weighted by molar-refractivity contribution is 6.20. The highest BCUT2D eigenvalue weighted by atomic mass is 16.7. The highest BCUT2D eigenvalue weighted by Gasteiger charge is 2.62. The van der Waals surface area contributed by atoms with E-state index in [-0.39, 0.29) is 30.1 Å². The quantitative estimate of drug-likeness (QED) is 0.783. The van der Waals surface area contributed by atoms with E-state index in [0.29, 0.717) is 17.5 Å². The first-order chi connectivity index (χ1) is 13.6. The van der Waals surface area contributed by atoms with Crippen molar-refractivity contribution in [3.05, 3.63) is 35.4 Å². The molecule has 2 aliphatic carbocycles. The molecule has 3 atom stereocenters. The van der Waals surface area contributed by atoms with E-state index >= 15 is 0 Å². The van der Waals surface area contributed by atoms with Crippen LogP contribution in [0.4, 0.5) is 0 Å². The van der Waals surface area contributed by atoms with Gasteiger partial charge in [-0.3, -0.25) is 19.2 Å². The average Bonchev–Trinajstić information content (AvgIpc) is 2.91. The standard InChI is InChI=1S/C23H29NO5/c1-21(2)11-6-12-22(3)17(21)9-10-18(25)23(22,28)13-14-29-24-19(26)15-7-4-5-8-16(15)20(24)27/h4-5,7-8,17,28H,6,9-14H2,1-3H3/t17-,22-,23-/m0/s1. The Morgan fingerprint density at radius 1 is 1.07 bits per heavy atom. The molecule has 0 saturated heterocycles. The third kappa shape index (κ3) is 2.88. The summed E-state index contributed by atoms with van der Waals surface area (Å²) in [6.07, 6.45) is 4.06. The largest absolute Gasteiger partial charge is 0.381 e. The SMILES string of the molecule is CC1(C)CCC[C@@]2(C)[C@H]1CCC(=O)[C@@]2(O)CCON1C(=O)c2ccccc2C1=O. The molecule has 1 aliphatic heterocycles. The van der Waals surface area contributed by atoms with Crippen LogP contribution in [0.25, 0.3) is 0 Å². The summed E-state index contributed by atoms with van der Waals surface area (Å²) in [5.74, 6) is -0.920. The Morgan fingerprint density at radius 3 is 2.31 bits per heavy atom. The predicted molar refractivity (Wildman–Crippen MR) is 106 cm³/mol. The molecule has 1 heterocycles. The number of imide groups is 1. The Kier molecular flexibility index (Phi) is 4.70. The van der Waals surface area contributed by atoms with Gasteiger partial charge >= 0.3 is 0 Å². The molecule has 0 radical (unpaired) electrons. The lowest BCUT2D eigenvalue weighted by molar-refractivity contribution is -0.200. The molecule has 1 aromatic rings. The number of rotatable bonds is 4. The molecule has 2 fully saturated rings. The lowest BCUT2D eigenvalue weighted by Gasteiger charge is -2.59. The average molecular weight is 399 g/mol. The van der Waals surface area contributed by atoms with Gasteiger partial charge in [-0.2, -0.15) is 0 Å². The normalized spacial score (nSPS) is 33.6. The molecule has 156 valence electrons. The summed E-state index contributed by atoms with van der Waals surface area (Å²) in [5.41, 5.74) is -1.36. The van der Waals surface area contributed by atoms with E-state index in [1.165, 1.54) is 0 Å². The number of fused-ring (bicyclic) bond motifs is 2. The number of amides is 2. The number of ketones is 1. The van der Waals surface area contributed by atoms with E-state index in [4.69, 9.17) is 4.84 Å². The zero-order valence-corrected chi connectivity index (χ0v) is 17.4. The van der Waals surface area contributed by atoms with Crippen molar-refractivity contribution in [3.63, 3.8) is 0 Å². The van der Waals surface area contributed by atoms with Gasteiger partial charge in [-0.15, -0.1) is 5.06 Å². The number of Topliss-reactive ketones (excluding diaryl/α,β-unsaturated/α-hetero) is 1. The van der Waals surface area contributed by atoms with Gasteiger partial charge in [-0.1, -0.05) is 39.3 Å². The fourth-order valence-corrected chi connectivity index (χ4v) is 6.12. The van der Waals surface area contributed by atoms with Crippen molar-refractivity contribution in [2.45, 2.75) is 64.9 Å². The molecule has 0 aromatic heterocycles. The van der Waals surface area contributed by atoms with Crippen molar-refractivity contribution in [1.82, 2.24) is 5.06 Å². The Hall–Kier alpha value is -2.05. The number of hydrogen-bond donors (Lipinski definition) is 1. The summed E-state index contributed by atoms with van der Waals surface area (Å²) >= 11 is 0. The van der Waals surface area contributed by atoms with Crippen molar-refractivity contribution >= 4 is 17.6 Å². The van der Waals surface area contributed by atoms with Gasteiger partial charge in [0, 0.05) is 18.3 Å². The topological polar surface area (TPSA) is 83.9 Å². The highest BCUT2D eigenvalue weighted by Crippen LogP contribution is 2.61. The lowest BCUT2D eigenvalue weighted by Crippen LogP contribution is -2.63. The van der Waals surface area contributed by atoms with E-state index in [0.717, 1.165) is 30.7 Å². The van der Waals surface area contributed by atoms with Gasteiger partial charge < -0.3 is 5.11 Å². The predicted octanol–water partition coefficient (Wildman–Crippen LogP) is 3.53. The minimum atomic E-state index is -1.51. The van der Waals surface area contributed by atoms with Gasteiger partial charge in [-0.25, -0.2) is 0 Å². The molecule has 1 aromatic carbocycles. The van der Waals surface area contributed by atoms with Crippen LogP contribution in [0.2, 0.25) is 0 Å². The van der Waals surface area contributed by atoms with E-state index in [1.807, 2.05) is 6.92 Å². The van der Waals surface area contributed by atoms with Crippen molar-refractivity contribution in [2.75, 3.05) is 6.61 Å². The maximum Gasteiger partial charge on any atom is 0.285 e. The van der Waals surface area contributed by atoms with Crippen LogP contribution in [0.5, 0.6) is 0 Å². The number of carbonyl (C=O) groups is 3. The second-order valence-corrected chi connectivity index (χ2v) is 9.67. The Bertz CT molecular complexity index is 843. The molecule has 6 heteroatoms. The summed E-state index contributed by atoms with van der Waals surface area (Å²) in [6.45, 7) is 6.40. The first-order valence-electron chi connectivity index (χ1n) is 10.5. The fraction of sp³-hybridized carbons (Fsp3) is 0.609. The van der Waals surface area contributed by atoms with Crippen LogP contribution in [0.3, 0.4) is 0 Å². The van der Waals surface area contributed by atoms with E-state index in [2.05, 4.69) is 13.8 Å². The monoisotopic (exact) mass is 399 g/mol. The van der Waals surface area contributed by atoms with Crippen LogP contribution in [0.15, 0.2) is 24.3 Å². The summed E-state index contributed by atoms with van der Waals surface area (Å²) in [7, 11) is 0. The third-order valence-corrected chi connectivity index (χ3v) is 7.74. The molecule has 1 N–H and O–H groups in total. The van der Waals surface area contributed by atoms with Gasteiger partial charge in [0.1, 0.15) is 5.60 Å². The number of nitrogens with zero attached hydrogens (tertiary/aromatic N) is 1. The Balaban J connectivity index is 1.51. The lowest BCUT2D eigenvalue weighted by atomic mass is 9.46. The molecule has 0 bridgehead atoms. The Morgan fingerprint density at radius 2 is 1.69 bits per heavy atom. The van der Waals surface area contributed by atoms with Gasteiger partial charge in [0.25, 0.3) is 11.8 Å². The maximum absolute atomic E-state index is 12.9. The molecule has 2 saturated carbocycles. The van der Waals surface area contributed by atoms with Crippen LogP contribution in [0.1, 0.15) is 80.0 Å². The van der Waals surface area contributed by atoms with Crippen molar-refractivity contribution in [2.24, 2.45) is 16.7 Å². The number of aliphatic hydroxyl groups is 1. The number of carbonyl (C=O) groups excluding carboxylic acids is 3. The number of benzene rings is 1. The molecule has 4 rings (SSSR count). The van der Waals surface area contributed by atoms with Gasteiger partial charge in [0.2, 0.25) is 0 Å². The molecule has 3 aliphatic rings. The van der Waals surface area contributed by atoms with Crippen LogP contribution in [0, 0.1) is 16.7 Å². The van der Waals surface area contributed by atoms with Crippen LogP contribution in [-0.4, -0.2) is 40.0 Å². The van der Waals surface area contributed by atoms with Crippen molar-refractivity contribution < 1.29 is 24.3 Å².